The van der Waals surface area contributed by atoms with Gasteiger partial charge in [-0.25, -0.2) is 14.5 Å². The predicted octanol–water partition coefficient (Wildman–Crippen LogP) is 5.60. The highest BCUT2D eigenvalue weighted by atomic mass is 32.1. The summed E-state index contributed by atoms with van der Waals surface area (Å²) in [6.07, 6.45) is 4.30. The molecule has 7 heterocycles. The number of β-amino-alcohol motifs (C(OH)–C–C–N with tert-alkyl or cyclic N) is 1. The molecule has 1 fully saturated rings. The molecule has 0 aliphatic carbocycles. The molecule has 0 spiro atoms. The molecule has 0 bridgehead atoms. The lowest BCUT2D eigenvalue weighted by Crippen LogP contribution is -2.57. The average Bonchev–Trinajstić information content (AvgIpc) is 3.73. The molecule has 6 aromatic heterocycles. The monoisotopic (exact) mass is 1140 g/mol. The van der Waals surface area contributed by atoms with E-state index in [1.54, 1.807) is 56.4 Å². The highest BCUT2D eigenvalue weighted by Gasteiger charge is 2.44. The van der Waals surface area contributed by atoms with E-state index in [9.17, 15) is 29.1 Å². The van der Waals surface area contributed by atoms with Crippen molar-refractivity contribution < 1.29 is 43.0 Å². The number of benzene rings is 2. The van der Waals surface area contributed by atoms with E-state index >= 15 is 0 Å². The molecular weight excluding hydrogens is 1070 g/mol. The number of pyridine rings is 2. The van der Waals surface area contributed by atoms with E-state index in [-0.39, 0.29) is 89.4 Å². The first-order valence-electron chi connectivity index (χ1n) is 27.2. The molecule has 4 N–H and O–H groups in total. The van der Waals surface area contributed by atoms with E-state index in [0.29, 0.717) is 57.1 Å². The second kappa shape index (κ2) is 25.7. The lowest BCUT2D eigenvalue weighted by atomic mass is 9.85. The van der Waals surface area contributed by atoms with Gasteiger partial charge in [-0.15, -0.1) is 16.4 Å². The normalized spacial score (nSPS) is 15.3. The minimum absolute atomic E-state index is 0.0341. The number of nitrogens with one attached hydrogen (secondary N) is 3. The molecule has 4 atom stereocenters. The number of imidazole rings is 1. The van der Waals surface area contributed by atoms with Gasteiger partial charge in [0.25, 0.3) is 0 Å². The van der Waals surface area contributed by atoms with Crippen LogP contribution < -0.4 is 26.4 Å². The molecule has 9 rings (SSSR count). The fraction of sp³-hybridized carbons (Fsp3) is 0.431. The van der Waals surface area contributed by atoms with E-state index in [2.05, 4.69) is 41.4 Å². The molecule has 8 aromatic rings. The highest BCUT2D eigenvalue weighted by Crippen LogP contribution is 2.40. The molecule has 1 saturated heterocycles. The van der Waals surface area contributed by atoms with E-state index in [1.807, 2.05) is 103 Å². The Bertz CT molecular complexity index is 3600. The summed E-state index contributed by atoms with van der Waals surface area (Å²) in [5, 5.41) is 32.4. The molecule has 1 aliphatic rings. The minimum atomic E-state index is -0.978. The standard InChI is InChI=1S/C58H69N13O10S/c1-34-51(37(4)81-66-34)43-26-45-42(27-48(43)78-8)52-47(29-61-45)69(57(77)71(52)36(3)44-11-9-10-18-59-44)20-19-60-49(73)16-22-79-24-21-68-30-40(65-67-68)32-80-23-17-50(74)64-54(58(5,6)7)56(76)70-31-41(72)25-46(70)55(75)62-28-38-12-14-39(15-13-38)53-35(2)63-33-82-53/h9-15,18,26-27,29-30,33,36,41,46,54,72H,16-17,19-25,28,31-32H2,1-8H3,(H,60,73)(H,62,75)(H,64,74)/t36-,41-,46+,54-/m1/s1. The molecule has 432 valence electrons. The number of carbonyl (C=O) groups is 4. The molecule has 0 saturated carbocycles. The third-order valence-electron chi connectivity index (χ3n) is 14.5. The lowest BCUT2D eigenvalue weighted by Gasteiger charge is -2.35. The maximum Gasteiger partial charge on any atom is 0.329 e. The van der Waals surface area contributed by atoms with Gasteiger partial charge in [0.1, 0.15) is 29.3 Å². The molecule has 1 aliphatic heterocycles. The van der Waals surface area contributed by atoms with Gasteiger partial charge in [0.05, 0.1) is 114 Å². The van der Waals surface area contributed by atoms with Crippen LogP contribution in [-0.4, -0.2) is 136 Å². The smallest absolute Gasteiger partial charge is 0.329 e. The van der Waals surface area contributed by atoms with Crippen molar-refractivity contribution in [3.8, 4) is 27.3 Å². The summed E-state index contributed by atoms with van der Waals surface area (Å²) in [5.41, 5.74) is 9.09. The molecule has 24 heteroatoms. The Balaban J connectivity index is 0.707. The molecule has 23 nitrogen and oxygen atoms in total. The Kier molecular flexibility index (Phi) is 18.3. The highest BCUT2D eigenvalue weighted by molar-refractivity contribution is 7.13. The maximum atomic E-state index is 14.4. The minimum Gasteiger partial charge on any atom is -0.496 e. The number of aliphatic hydroxyl groups excluding tert-OH is 1. The Morgan fingerprint density at radius 3 is 2.41 bits per heavy atom. The zero-order valence-corrected chi connectivity index (χ0v) is 48.1. The summed E-state index contributed by atoms with van der Waals surface area (Å²) < 4.78 is 27.8. The van der Waals surface area contributed by atoms with Crippen molar-refractivity contribution in [1.82, 2.24) is 65.1 Å². The second-order valence-electron chi connectivity index (χ2n) is 21.4. The van der Waals surface area contributed by atoms with Gasteiger partial charge in [-0.05, 0) is 68.5 Å². The Morgan fingerprint density at radius 1 is 0.927 bits per heavy atom. The Morgan fingerprint density at radius 2 is 1.71 bits per heavy atom. The van der Waals surface area contributed by atoms with Gasteiger partial charge in [-0.3, -0.25) is 38.3 Å². The van der Waals surface area contributed by atoms with Crippen molar-refractivity contribution in [2.24, 2.45) is 5.41 Å². The van der Waals surface area contributed by atoms with Crippen molar-refractivity contribution in [3.63, 3.8) is 0 Å². The number of amides is 4. The van der Waals surface area contributed by atoms with Crippen molar-refractivity contribution in [2.75, 3.05) is 40.0 Å². The molecule has 82 heavy (non-hydrogen) atoms. The number of likely N-dealkylation sites (tertiary alicyclic amines) is 1. The molecular formula is C58H69N13O10S. The van der Waals surface area contributed by atoms with E-state index in [0.717, 1.165) is 32.8 Å². The predicted molar refractivity (Wildman–Crippen MR) is 305 cm³/mol. The first kappa shape index (κ1) is 58.5. The summed E-state index contributed by atoms with van der Waals surface area (Å²) in [6.45, 7) is 14.5. The van der Waals surface area contributed by atoms with Crippen LogP contribution in [-0.2, 0) is 54.9 Å². The number of thiazole rings is 1. The fourth-order valence-corrected chi connectivity index (χ4v) is 11.0. The summed E-state index contributed by atoms with van der Waals surface area (Å²) in [7, 11) is 1.59. The molecule has 4 amide bonds. The van der Waals surface area contributed by atoms with Crippen LogP contribution in [0, 0.1) is 26.2 Å². The van der Waals surface area contributed by atoms with Crippen LogP contribution >= 0.6 is 11.3 Å². The summed E-state index contributed by atoms with van der Waals surface area (Å²) in [5.74, 6) is -0.287. The third kappa shape index (κ3) is 13.3. The van der Waals surface area contributed by atoms with Gasteiger partial charge in [0.15, 0.2) is 0 Å². The van der Waals surface area contributed by atoms with Crippen LogP contribution in [0.2, 0.25) is 0 Å². The van der Waals surface area contributed by atoms with E-state index in [1.165, 1.54) is 4.90 Å². The summed E-state index contributed by atoms with van der Waals surface area (Å²) >= 11 is 1.56. The van der Waals surface area contributed by atoms with Gasteiger partial charge in [0, 0.05) is 62.6 Å². The van der Waals surface area contributed by atoms with Gasteiger partial charge in [0.2, 0.25) is 23.6 Å². The third-order valence-corrected chi connectivity index (χ3v) is 15.5. The van der Waals surface area contributed by atoms with Crippen molar-refractivity contribution in [2.45, 2.75) is 118 Å². The number of aromatic nitrogens is 9. The topological polar surface area (TPSA) is 278 Å². The van der Waals surface area contributed by atoms with Crippen LogP contribution in [0.1, 0.15) is 87.1 Å². The van der Waals surface area contributed by atoms with Gasteiger partial charge >= 0.3 is 5.69 Å². The van der Waals surface area contributed by atoms with Crippen LogP contribution in [0.25, 0.3) is 43.5 Å². The van der Waals surface area contributed by atoms with Gasteiger partial charge < -0.3 is 44.7 Å². The number of rotatable bonds is 24. The first-order valence-corrected chi connectivity index (χ1v) is 28.1. The van der Waals surface area contributed by atoms with Crippen molar-refractivity contribution >= 4 is 56.9 Å². The number of fused-ring (bicyclic) bond motifs is 3. The molecule has 0 unspecified atom stereocenters. The number of aryl methyl sites for hydroxylation is 3. The number of nitrogens with zero attached hydrogens (tertiary/aromatic N) is 10. The largest absolute Gasteiger partial charge is 0.496 e. The van der Waals surface area contributed by atoms with Gasteiger partial charge in [-0.2, -0.15) is 0 Å². The number of methoxy groups -OCH3 is 1. The van der Waals surface area contributed by atoms with Crippen LogP contribution in [0.15, 0.2) is 88.0 Å². The van der Waals surface area contributed by atoms with Crippen molar-refractivity contribution in [1.29, 1.82) is 0 Å². The second-order valence-corrected chi connectivity index (χ2v) is 22.3. The number of aliphatic hydroxyl groups is 1. The zero-order valence-electron chi connectivity index (χ0n) is 47.3. The first-order chi connectivity index (χ1) is 39.4. The Hall–Kier alpha value is -8.19. The maximum absolute atomic E-state index is 14.4. The fourth-order valence-electron chi connectivity index (χ4n) is 10.2. The number of hydrogen-bond acceptors (Lipinski definition) is 17. The lowest BCUT2D eigenvalue weighted by molar-refractivity contribution is -0.144. The quantitative estimate of drug-likeness (QED) is 0.0536. The van der Waals surface area contributed by atoms with E-state index < -0.39 is 41.5 Å². The molecule has 2 aromatic carbocycles. The van der Waals surface area contributed by atoms with Crippen LogP contribution in [0.3, 0.4) is 0 Å². The van der Waals surface area contributed by atoms with Gasteiger partial charge in [-0.1, -0.05) is 61.5 Å². The summed E-state index contributed by atoms with van der Waals surface area (Å²) in [6, 6.07) is 14.9. The average molecular weight is 1140 g/mol. The van der Waals surface area contributed by atoms with E-state index in [4.69, 9.17) is 23.7 Å². The zero-order chi connectivity index (χ0) is 58.2. The van der Waals surface area contributed by atoms with Crippen LogP contribution in [0.4, 0.5) is 0 Å². The SMILES string of the molecule is COc1cc2c(cc1-c1c(C)noc1C)ncc1c2n([C@H](C)c2ccccn2)c(=O)n1CCNC(=O)CCOCCn1cc(COCCC(=O)N[C@H](C(=O)N2C[C@H](O)C[C@H]2C(=O)NCc2ccc(-c3scnc3C)cc2)C(C)(C)C)nn1. The van der Waals surface area contributed by atoms with Crippen LogP contribution in [0.5, 0.6) is 5.75 Å². The number of hydrogen-bond donors (Lipinski definition) is 4. The molecule has 0 radical (unpaired) electrons. The number of ether oxygens (including phenoxy) is 3. The summed E-state index contributed by atoms with van der Waals surface area (Å²) in [4.78, 5) is 84.4. The Labute approximate surface area is 477 Å². The van der Waals surface area contributed by atoms with Crippen molar-refractivity contribution in [3.05, 3.63) is 123 Å². The number of carbonyl (C=O) groups excluding carboxylic acids is 4.